The minimum atomic E-state index is -0.0186. The van der Waals surface area contributed by atoms with E-state index in [-0.39, 0.29) is 11.8 Å². The molecule has 1 N–H and O–H groups in total. The van der Waals surface area contributed by atoms with Crippen LogP contribution in [0.2, 0.25) is 0 Å². The Labute approximate surface area is 203 Å². The van der Waals surface area contributed by atoms with Crippen molar-refractivity contribution >= 4 is 39.1 Å². The molecule has 1 amide bonds. The molecule has 3 aromatic heterocycles. The number of benzene rings is 1. The molecule has 0 spiro atoms. The van der Waals surface area contributed by atoms with Crippen LogP contribution in [0.15, 0.2) is 54.0 Å². The Balaban J connectivity index is 1.26. The molecule has 6 nitrogen and oxygen atoms in total. The zero-order chi connectivity index (χ0) is 23.1. The van der Waals surface area contributed by atoms with Gasteiger partial charge in [0, 0.05) is 42.1 Å². The number of hydrogen-bond acceptors (Lipinski definition) is 6. The van der Waals surface area contributed by atoms with Gasteiger partial charge < -0.3 is 10.2 Å². The average molecular weight is 470 g/mol. The van der Waals surface area contributed by atoms with Gasteiger partial charge in [0.25, 0.3) is 0 Å². The van der Waals surface area contributed by atoms with Crippen LogP contribution in [0.1, 0.15) is 43.0 Å². The number of anilines is 2. The van der Waals surface area contributed by atoms with E-state index in [1.54, 1.807) is 17.5 Å². The molecule has 4 heterocycles. The first-order valence-electron chi connectivity index (χ1n) is 12.0. The van der Waals surface area contributed by atoms with Crippen LogP contribution in [0, 0.1) is 12.8 Å². The molecule has 6 rings (SSSR count). The van der Waals surface area contributed by atoms with E-state index in [1.807, 2.05) is 25.1 Å². The summed E-state index contributed by atoms with van der Waals surface area (Å²) in [5.74, 6) is 3.18. The standard InChI is InChI=1S/C27H27N5OS/c1-17-9-12-28-22(15-17)29-26(33)20-10-13-32(14-11-20)25-23-21(18-5-3-2-4-6-18)16-34-27(23)31-24(30-25)19-7-8-19/h2-6,9,12,15-16,19-20H,7-8,10-11,13-14H2,1H3,(H,28,29,33). The molecule has 4 aromatic rings. The fourth-order valence-corrected chi connectivity index (χ4v) is 5.66. The third-order valence-corrected chi connectivity index (χ3v) is 7.66. The van der Waals surface area contributed by atoms with Crippen molar-refractivity contribution in [3.63, 3.8) is 0 Å². The van der Waals surface area contributed by atoms with Gasteiger partial charge in [-0.3, -0.25) is 4.79 Å². The summed E-state index contributed by atoms with van der Waals surface area (Å²) in [6.45, 7) is 3.61. The molecule has 0 atom stereocenters. The highest BCUT2D eigenvalue weighted by Gasteiger charge is 2.32. The monoisotopic (exact) mass is 469 g/mol. The van der Waals surface area contributed by atoms with Gasteiger partial charge in [-0.1, -0.05) is 30.3 Å². The first-order chi connectivity index (χ1) is 16.7. The van der Waals surface area contributed by atoms with E-state index in [9.17, 15) is 4.79 Å². The maximum Gasteiger partial charge on any atom is 0.228 e. The molecule has 2 fully saturated rings. The first kappa shape index (κ1) is 21.2. The molecular weight excluding hydrogens is 442 g/mol. The fourth-order valence-electron chi connectivity index (χ4n) is 4.71. The molecule has 0 bridgehead atoms. The summed E-state index contributed by atoms with van der Waals surface area (Å²) in [7, 11) is 0. The largest absolute Gasteiger partial charge is 0.356 e. The number of carbonyl (C=O) groups excluding carboxylic acids is 1. The van der Waals surface area contributed by atoms with Crippen molar-refractivity contribution in [1.82, 2.24) is 15.0 Å². The lowest BCUT2D eigenvalue weighted by Crippen LogP contribution is -2.39. The fraction of sp³-hybridized carbons (Fsp3) is 0.333. The van der Waals surface area contributed by atoms with Crippen molar-refractivity contribution in [2.45, 2.75) is 38.5 Å². The van der Waals surface area contributed by atoms with Crippen molar-refractivity contribution in [1.29, 1.82) is 0 Å². The maximum absolute atomic E-state index is 12.9. The predicted molar refractivity (Wildman–Crippen MR) is 137 cm³/mol. The Kier molecular flexibility index (Phi) is 5.49. The summed E-state index contributed by atoms with van der Waals surface area (Å²) >= 11 is 1.71. The van der Waals surface area contributed by atoms with Gasteiger partial charge in [-0.25, -0.2) is 15.0 Å². The number of aryl methyl sites for hydroxylation is 1. The van der Waals surface area contributed by atoms with E-state index in [0.29, 0.717) is 11.7 Å². The van der Waals surface area contributed by atoms with Gasteiger partial charge in [0.05, 0.1) is 5.39 Å². The van der Waals surface area contributed by atoms with Crippen LogP contribution < -0.4 is 10.2 Å². The molecule has 1 aromatic carbocycles. The van der Waals surface area contributed by atoms with Crippen LogP contribution in [0.25, 0.3) is 21.3 Å². The van der Waals surface area contributed by atoms with E-state index < -0.39 is 0 Å². The molecule has 1 aliphatic carbocycles. The lowest BCUT2D eigenvalue weighted by molar-refractivity contribution is -0.120. The number of amides is 1. The summed E-state index contributed by atoms with van der Waals surface area (Å²) in [4.78, 5) is 30.6. The number of thiophene rings is 1. The number of hydrogen-bond donors (Lipinski definition) is 1. The number of piperidine rings is 1. The average Bonchev–Trinajstić information content (AvgIpc) is 3.63. The summed E-state index contributed by atoms with van der Waals surface area (Å²) in [6.07, 6.45) is 5.68. The van der Waals surface area contributed by atoms with Gasteiger partial charge in [0.1, 0.15) is 22.3 Å². The third kappa shape index (κ3) is 4.16. The predicted octanol–water partition coefficient (Wildman–Crippen LogP) is 5.79. The number of nitrogens with one attached hydrogen (secondary N) is 1. The number of pyridine rings is 1. The molecule has 1 saturated heterocycles. The second-order valence-electron chi connectivity index (χ2n) is 9.34. The summed E-state index contributed by atoms with van der Waals surface area (Å²) in [6, 6.07) is 14.3. The Hall–Kier alpha value is -3.32. The zero-order valence-electron chi connectivity index (χ0n) is 19.2. The van der Waals surface area contributed by atoms with Crippen LogP contribution in [-0.2, 0) is 4.79 Å². The van der Waals surface area contributed by atoms with Gasteiger partial charge in [0.2, 0.25) is 5.91 Å². The summed E-state index contributed by atoms with van der Waals surface area (Å²) in [5, 5.41) is 6.36. The van der Waals surface area contributed by atoms with Crippen molar-refractivity contribution in [2.75, 3.05) is 23.3 Å². The highest BCUT2D eigenvalue weighted by atomic mass is 32.1. The molecule has 0 radical (unpaired) electrons. The Morgan fingerprint density at radius 2 is 1.85 bits per heavy atom. The quantitative estimate of drug-likeness (QED) is 0.400. The van der Waals surface area contributed by atoms with Crippen molar-refractivity contribution in [3.8, 4) is 11.1 Å². The van der Waals surface area contributed by atoms with Gasteiger partial charge in [-0.15, -0.1) is 11.3 Å². The SMILES string of the molecule is Cc1ccnc(NC(=O)C2CCN(c3nc(C4CC4)nc4scc(-c5ccccc5)c34)CC2)c1. The number of carbonyl (C=O) groups is 1. The van der Waals surface area contributed by atoms with Crippen molar-refractivity contribution in [3.05, 3.63) is 65.4 Å². The second-order valence-corrected chi connectivity index (χ2v) is 10.2. The Morgan fingerprint density at radius 3 is 2.59 bits per heavy atom. The van der Waals surface area contributed by atoms with E-state index in [0.717, 1.165) is 53.4 Å². The van der Waals surface area contributed by atoms with Gasteiger partial charge >= 0.3 is 0 Å². The lowest BCUT2D eigenvalue weighted by Gasteiger charge is -2.33. The second kappa shape index (κ2) is 8.80. The van der Waals surface area contributed by atoms with Gasteiger partial charge in [0.15, 0.2) is 0 Å². The molecular formula is C27H27N5OS. The minimum Gasteiger partial charge on any atom is -0.356 e. The van der Waals surface area contributed by atoms with Gasteiger partial charge in [-0.05, 0) is 55.9 Å². The smallest absolute Gasteiger partial charge is 0.228 e. The summed E-state index contributed by atoms with van der Waals surface area (Å²) < 4.78 is 0. The first-order valence-corrected chi connectivity index (χ1v) is 12.9. The number of aromatic nitrogens is 3. The zero-order valence-corrected chi connectivity index (χ0v) is 20.0. The van der Waals surface area contributed by atoms with Crippen molar-refractivity contribution < 1.29 is 4.79 Å². The van der Waals surface area contributed by atoms with E-state index in [4.69, 9.17) is 9.97 Å². The van der Waals surface area contributed by atoms with E-state index in [2.05, 4.69) is 44.8 Å². The van der Waals surface area contributed by atoms with E-state index >= 15 is 0 Å². The Bertz CT molecular complexity index is 1340. The molecule has 0 unspecified atom stereocenters. The Morgan fingerprint density at radius 1 is 1.06 bits per heavy atom. The topological polar surface area (TPSA) is 71.0 Å². The molecule has 7 heteroatoms. The molecule has 34 heavy (non-hydrogen) atoms. The molecule has 172 valence electrons. The van der Waals surface area contributed by atoms with Crippen LogP contribution in [0.4, 0.5) is 11.6 Å². The maximum atomic E-state index is 12.9. The minimum absolute atomic E-state index is 0.0186. The third-order valence-electron chi connectivity index (χ3n) is 6.79. The normalized spacial score (nSPS) is 16.7. The van der Waals surface area contributed by atoms with Crippen molar-refractivity contribution in [2.24, 2.45) is 5.92 Å². The molecule has 1 aliphatic heterocycles. The van der Waals surface area contributed by atoms with Gasteiger partial charge in [-0.2, -0.15) is 0 Å². The number of fused-ring (bicyclic) bond motifs is 1. The summed E-state index contributed by atoms with van der Waals surface area (Å²) in [5.41, 5.74) is 3.48. The van der Waals surface area contributed by atoms with E-state index in [1.165, 1.54) is 24.0 Å². The van der Waals surface area contributed by atoms with Crippen LogP contribution in [0.3, 0.4) is 0 Å². The molecule has 2 aliphatic rings. The lowest BCUT2D eigenvalue weighted by atomic mass is 9.95. The van der Waals surface area contributed by atoms with Crippen LogP contribution >= 0.6 is 11.3 Å². The van der Waals surface area contributed by atoms with Crippen LogP contribution in [0.5, 0.6) is 0 Å². The molecule has 1 saturated carbocycles. The number of nitrogens with zero attached hydrogens (tertiary/aromatic N) is 4. The number of rotatable bonds is 5. The highest BCUT2D eigenvalue weighted by molar-refractivity contribution is 7.17. The van der Waals surface area contributed by atoms with Crippen LogP contribution in [-0.4, -0.2) is 33.9 Å². The highest BCUT2D eigenvalue weighted by Crippen LogP contribution is 2.44.